The lowest BCUT2D eigenvalue weighted by molar-refractivity contribution is -0.116. The number of allylic oxidation sites excluding steroid dienone is 1. The topological polar surface area (TPSA) is 81.0 Å². The van der Waals surface area contributed by atoms with Crippen LogP contribution in [0.15, 0.2) is 60.1 Å². The Labute approximate surface area is 199 Å². The summed E-state index contributed by atoms with van der Waals surface area (Å²) in [6.07, 6.45) is 2.58. The zero-order valence-electron chi connectivity index (χ0n) is 18.2. The van der Waals surface area contributed by atoms with Gasteiger partial charge in [0.2, 0.25) is 5.91 Å². The summed E-state index contributed by atoms with van der Waals surface area (Å²) < 4.78 is 7.48. The van der Waals surface area contributed by atoms with Crippen LogP contribution in [0.2, 0.25) is 0 Å². The highest BCUT2D eigenvalue weighted by Gasteiger charge is 2.24. The molecule has 4 rings (SSSR count). The second-order valence-electron chi connectivity index (χ2n) is 7.38. The molecule has 2 aromatic carbocycles. The van der Waals surface area contributed by atoms with Crippen LogP contribution in [0.4, 0.5) is 5.69 Å². The molecular formula is C24H23N3O4S2. The predicted octanol–water partition coefficient (Wildman–Crippen LogP) is 3.43. The average Bonchev–Trinajstić information content (AvgIpc) is 3.40. The predicted molar refractivity (Wildman–Crippen MR) is 132 cm³/mol. The van der Waals surface area contributed by atoms with Crippen molar-refractivity contribution in [3.63, 3.8) is 0 Å². The van der Waals surface area contributed by atoms with Gasteiger partial charge in [-0.15, -0.1) is 18.3 Å². The number of nitrogens with zero attached hydrogens (tertiary/aromatic N) is 3. The number of thioether (sulfide) groups is 1. The molecule has 0 spiro atoms. The molecule has 0 N–H and O–H groups in total. The molecular weight excluding hydrogens is 458 g/mol. The summed E-state index contributed by atoms with van der Waals surface area (Å²) in [7, 11) is 1.34. The van der Waals surface area contributed by atoms with Crippen molar-refractivity contribution < 1.29 is 19.1 Å². The van der Waals surface area contributed by atoms with Crippen molar-refractivity contribution in [2.75, 3.05) is 30.1 Å². The fourth-order valence-corrected chi connectivity index (χ4v) is 5.52. The minimum absolute atomic E-state index is 0.00308. The van der Waals surface area contributed by atoms with E-state index in [4.69, 9.17) is 4.74 Å². The van der Waals surface area contributed by atoms with E-state index in [1.54, 1.807) is 23.1 Å². The van der Waals surface area contributed by atoms with Crippen molar-refractivity contribution in [2.24, 2.45) is 4.99 Å². The summed E-state index contributed by atoms with van der Waals surface area (Å²) in [6, 6.07) is 13.1. The summed E-state index contributed by atoms with van der Waals surface area (Å²) >= 11 is 2.59. The highest BCUT2D eigenvalue weighted by molar-refractivity contribution is 8.00. The molecule has 0 atom stereocenters. The summed E-state index contributed by atoms with van der Waals surface area (Å²) in [5.41, 5.74) is 3.43. The second-order valence-corrected chi connectivity index (χ2v) is 9.38. The van der Waals surface area contributed by atoms with Crippen LogP contribution >= 0.6 is 23.1 Å². The summed E-state index contributed by atoms with van der Waals surface area (Å²) in [5.74, 6) is -0.408. The fraction of sp³-hybridized carbons (Fsp3) is 0.250. The smallest absolute Gasteiger partial charge is 0.337 e. The molecule has 2 heterocycles. The Morgan fingerprint density at radius 1 is 1.21 bits per heavy atom. The third kappa shape index (κ3) is 4.94. The first kappa shape index (κ1) is 23.0. The summed E-state index contributed by atoms with van der Waals surface area (Å²) in [5, 5.41) is 0. The zero-order valence-corrected chi connectivity index (χ0v) is 19.8. The Morgan fingerprint density at radius 2 is 2.03 bits per heavy atom. The van der Waals surface area contributed by atoms with Gasteiger partial charge in [-0.05, 0) is 36.2 Å². The zero-order chi connectivity index (χ0) is 23.4. The lowest BCUT2D eigenvalue weighted by atomic mass is 10.2. The number of anilines is 1. The highest BCUT2D eigenvalue weighted by Crippen LogP contribution is 2.28. The standard InChI is InChI=1S/C24H23N3O4S2/c1-3-11-27-19-9-8-17(23(30)31-2)13-20(19)33-24(27)25-21(28)14-32-15-22(29)26-12-10-16-6-4-5-7-18(16)26/h3-9,13H,1,10-12,14-15H2,2H3. The number of carbonyl (C=O) groups is 3. The second kappa shape index (κ2) is 10.2. The molecule has 0 saturated carbocycles. The van der Waals surface area contributed by atoms with Gasteiger partial charge in [0, 0.05) is 18.8 Å². The number of benzene rings is 2. The van der Waals surface area contributed by atoms with Crippen molar-refractivity contribution >= 4 is 56.8 Å². The lowest BCUT2D eigenvalue weighted by Crippen LogP contribution is -2.30. The van der Waals surface area contributed by atoms with Crippen molar-refractivity contribution in [1.82, 2.24) is 4.57 Å². The molecule has 0 unspecified atom stereocenters. The molecule has 170 valence electrons. The van der Waals surface area contributed by atoms with Crippen LogP contribution in [0, 0.1) is 0 Å². The van der Waals surface area contributed by atoms with Gasteiger partial charge in [-0.2, -0.15) is 4.99 Å². The number of carbonyl (C=O) groups excluding carboxylic acids is 3. The third-order valence-electron chi connectivity index (χ3n) is 5.28. The third-order valence-corrected chi connectivity index (χ3v) is 7.22. The van der Waals surface area contributed by atoms with Gasteiger partial charge in [0.15, 0.2) is 4.80 Å². The van der Waals surface area contributed by atoms with Crippen LogP contribution in [-0.4, -0.2) is 47.5 Å². The number of ether oxygens (including phenoxy) is 1. The van der Waals surface area contributed by atoms with Crippen molar-refractivity contribution in [2.45, 2.75) is 13.0 Å². The van der Waals surface area contributed by atoms with Crippen molar-refractivity contribution in [3.8, 4) is 0 Å². The van der Waals surface area contributed by atoms with Gasteiger partial charge >= 0.3 is 5.97 Å². The molecule has 0 bridgehead atoms. The molecule has 9 heteroatoms. The van der Waals surface area contributed by atoms with Gasteiger partial charge in [0.1, 0.15) is 0 Å². The number of thiazole rings is 1. The van der Waals surface area contributed by atoms with Gasteiger partial charge in [0.25, 0.3) is 5.91 Å². The molecule has 3 aromatic rings. The molecule has 0 radical (unpaired) electrons. The van der Waals surface area contributed by atoms with Crippen LogP contribution in [0.5, 0.6) is 0 Å². The maximum Gasteiger partial charge on any atom is 0.337 e. The van der Waals surface area contributed by atoms with Gasteiger partial charge in [-0.3, -0.25) is 9.59 Å². The summed E-state index contributed by atoms with van der Waals surface area (Å²) in [4.78, 5) is 43.6. The number of para-hydroxylation sites is 1. The Balaban J connectivity index is 1.46. The average molecular weight is 482 g/mol. The maximum absolute atomic E-state index is 12.6. The monoisotopic (exact) mass is 481 g/mol. The quantitative estimate of drug-likeness (QED) is 0.382. The molecule has 33 heavy (non-hydrogen) atoms. The first-order valence-electron chi connectivity index (χ1n) is 10.4. The van der Waals surface area contributed by atoms with Gasteiger partial charge in [-0.25, -0.2) is 4.79 Å². The van der Waals surface area contributed by atoms with E-state index in [9.17, 15) is 14.4 Å². The van der Waals surface area contributed by atoms with Crippen LogP contribution in [0.1, 0.15) is 15.9 Å². The van der Waals surface area contributed by atoms with E-state index in [0.29, 0.717) is 23.5 Å². The number of hydrogen-bond acceptors (Lipinski definition) is 6. The van der Waals surface area contributed by atoms with Gasteiger partial charge in [0.05, 0.1) is 34.4 Å². The minimum Gasteiger partial charge on any atom is -0.465 e. The Morgan fingerprint density at radius 3 is 2.82 bits per heavy atom. The van der Waals surface area contributed by atoms with E-state index >= 15 is 0 Å². The molecule has 7 nitrogen and oxygen atoms in total. The number of esters is 1. The SMILES string of the molecule is C=CCn1c(=NC(=O)CSCC(=O)N2CCc3ccccc32)sc2cc(C(=O)OC)ccc21. The molecule has 0 aliphatic carbocycles. The first-order valence-corrected chi connectivity index (χ1v) is 12.3. The Kier molecular flexibility index (Phi) is 7.10. The van der Waals surface area contributed by atoms with Crippen LogP contribution < -0.4 is 9.70 Å². The fourth-order valence-electron chi connectivity index (χ4n) is 3.75. The van der Waals surface area contributed by atoms with Crippen LogP contribution in [0.25, 0.3) is 10.2 Å². The number of amides is 2. The highest BCUT2D eigenvalue weighted by atomic mass is 32.2. The normalized spacial score (nSPS) is 13.2. The molecule has 1 aromatic heterocycles. The Bertz CT molecular complexity index is 1310. The van der Waals surface area contributed by atoms with Gasteiger partial charge in [-0.1, -0.05) is 35.6 Å². The van der Waals surface area contributed by atoms with E-state index < -0.39 is 5.97 Å². The molecule has 0 saturated heterocycles. The van der Waals surface area contributed by atoms with Crippen LogP contribution in [0.3, 0.4) is 0 Å². The van der Waals surface area contributed by atoms with E-state index in [1.807, 2.05) is 34.9 Å². The van der Waals surface area contributed by atoms with E-state index in [-0.39, 0.29) is 23.3 Å². The summed E-state index contributed by atoms with van der Waals surface area (Å²) in [6.45, 7) is 4.93. The number of hydrogen-bond donors (Lipinski definition) is 0. The number of aromatic nitrogens is 1. The van der Waals surface area contributed by atoms with Gasteiger partial charge < -0.3 is 14.2 Å². The van der Waals surface area contributed by atoms with Crippen molar-refractivity contribution in [3.05, 3.63) is 71.0 Å². The largest absolute Gasteiger partial charge is 0.465 e. The number of methoxy groups -OCH3 is 1. The Hall–Kier alpha value is -3.17. The maximum atomic E-state index is 12.6. The van der Waals surface area contributed by atoms with E-state index in [2.05, 4.69) is 11.6 Å². The number of fused-ring (bicyclic) bond motifs is 2. The van der Waals surface area contributed by atoms with Crippen LogP contribution in [-0.2, 0) is 27.3 Å². The molecule has 1 aliphatic heterocycles. The lowest BCUT2D eigenvalue weighted by Gasteiger charge is -2.16. The van der Waals surface area contributed by atoms with E-state index in [0.717, 1.165) is 22.3 Å². The molecule has 0 fully saturated rings. The molecule has 1 aliphatic rings. The van der Waals surface area contributed by atoms with Crippen molar-refractivity contribution in [1.29, 1.82) is 0 Å². The minimum atomic E-state index is -0.420. The molecule has 2 amide bonds. The number of rotatable bonds is 7. The van der Waals surface area contributed by atoms with E-state index in [1.165, 1.54) is 35.8 Å². The first-order chi connectivity index (χ1) is 16.0.